The Morgan fingerprint density at radius 2 is 2.00 bits per heavy atom. The Morgan fingerprint density at radius 3 is 2.54 bits per heavy atom. The van der Waals surface area contributed by atoms with Crippen molar-refractivity contribution in [2.75, 3.05) is 17.7 Å². The van der Waals surface area contributed by atoms with Crippen molar-refractivity contribution >= 4 is 39.4 Å². The predicted molar refractivity (Wildman–Crippen MR) is 92.5 cm³/mol. The normalized spacial score (nSPS) is 11.4. The molecule has 0 atom stereocenters. The molecule has 0 aliphatic carbocycles. The molecule has 0 saturated carbocycles. The maximum absolute atomic E-state index is 12.9. The second-order valence-corrected chi connectivity index (χ2v) is 7.06. The van der Waals surface area contributed by atoms with Gasteiger partial charge >= 0.3 is 6.18 Å². The van der Waals surface area contributed by atoms with Gasteiger partial charge in [0.1, 0.15) is 5.82 Å². The number of pyridine rings is 1. The maximum Gasteiger partial charge on any atom is 0.416 e. The van der Waals surface area contributed by atoms with Crippen LogP contribution in [0.4, 0.5) is 19.0 Å². The van der Waals surface area contributed by atoms with Crippen LogP contribution in [0, 0.1) is 0 Å². The van der Waals surface area contributed by atoms with Gasteiger partial charge in [0.15, 0.2) is 0 Å². The zero-order valence-electron chi connectivity index (χ0n) is 12.9. The molecule has 3 nitrogen and oxygen atoms in total. The third-order valence-corrected chi connectivity index (χ3v) is 4.61. The number of carbonyl (C=O) groups is 1. The Bertz CT molecular complexity index is 735. The van der Waals surface area contributed by atoms with Crippen molar-refractivity contribution in [2.24, 2.45) is 0 Å². The summed E-state index contributed by atoms with van der Waals surface area (Å²) < 4.78 is 39.4. The summed E-state index contributed by atoms with van der Waals surface area (Å²) in [5, 5.41) is 0. The Kier molecular flexibility index (Phi) is 5.92. The molecule has 2 rings (SSSR count). The van der Waals surface area contributed by atoms with Gasteiger partial charge < -0.3 is 0 Å². The van der Waals surface area contributed by atoms with Crippen LogP contribution >= 0.6 is 27.7 Å². The SMILES string of the molecule is CCSc1cc(C(F)(F)F)ccc1C(=O)N(C)c1ccc(Br)cn1. The number of thioether (sulfide) groups is 1. The van der Waals surface area contributed by atoms with Crippen LogP contribution in [0.2, 0.25) is 0 Å². The number of rotatable bonds is 4. The van der Waals surface area contributed by atoms with Gasteiger partial charge in [-0.25, -0.2) is 4.98 Å². The first-order valence-corrected chi connectivity index (χ1v) is 8.75. The van der Waals surface area contributed by atoms with Crippen molar-refractivity contribution in [3.05, 3.63) is 52.1 Å². The highest BCUT2D eigenvalue weighted by atomic mass is 79.9. The van der Waals surface area contributed by atoms with Gasteiger partial charge in [0.05, 0.1) is 11.1 Å². The van der Waals surface area contributed by atoms with Gasteiger partial charge in [-0.2, -0.15) is 13.2 Å². The summed E-state index contributed by atoms with van der Waals surface area (Å²) in [6.45, 7) is 1.82. The summed E-state index contributed by atoms with van der Waals surface area (Å²) in [5.74, 6) is 0.562. The lowest BCUT2D eigenvalue weighted by atomic mass is 10.1. The second kappa shape index (κ2) is 7.57. The first-order chi connectivity index (χ1) is 11.2. The fourth-order valence-electron chi connectivity index (χ4n) is 2.00. The molecule has 1 amide bonds. The van der Waals surface area contributed by atoms with Crippen molar-refractivity contribution in [3.8, 4) is 0 Å². The highest BCUT2D eigenvalue weighted by Crippen LogP contribution is 2.34. The summed E-state index contributed by atoms with van der Waals surface area (Å²) in [6, 6.07) is 6.55. The summed E-state index contributed by atoms with van der Waals surface area (Å²) in [4.78, 5) is 18.4. The molecule has 0 radical (unpaired) electrons. The smallest absolute Gasteiger partial charge is 0.296 e. The molecule has 0 fully saturated rings. The number of nitrogens with zero attached hydrogens (tertiary/aromatic N) is 2. The van der Waals surface area contributed by atoms with E-state index in [1.165, 1.54) is 29.8 Å². The van der Waals surface area contributed by atoms with E-state index < -0.39 is 17.6 Å². The van der Waals surface area contributed by atoms with E-state index in [-0.39, 0.29) is 5.56 Å². The quantitative estimate of drug-likeness (QED) is 0.635. The summed E-state index contributed by atoms with van der Waals surface area (Å²) in [6.07, 6.45) is -2.89. The molecule has 0 bridgehead atoms. The van der Waals surface area contributed by atoms with Crippen LogP contribution in [0.3, 0.4) is 0 Å². The van der Waals surface area contributed by atoms with Gasteiger partial charge in [-0.1, -0.05) is 6.92 Å². The zero-order valence-corrected chi connectivity index (χ0v) is 15.3. The summed E-state index contributed by atoms with van der Waals surface area (Å²) >= 11 is 4.46. The number of halogens is 4. The van der Waals surface area contributed by atoms with E-state index in [9.17, 15) is 18.0 Å². The number of aromatic nitrogens is 1. The van der Waals surface area contributed by atoms with Crippen LogP contribution in [-0.2, 0) is 6.18 Å². The first kappa shape index (κ1) is 18.8. The van der Waals surface area contributed by atoms with Crippen LogP contribution in [0.15, 0.2) is 45.9 Å². The highest BCUT2D eigenvalue weighted by Gasteiger charge is 2.32. The van der Waals surface area contributed by atoms with Crippen molar-refractivity contribution in [2.45, 2.75) is 18.0 Å². The number of amides is 1. The van der Waals surface area contributed by atoms with Crippen LogP contribution in [0.25, 0.3) is 0 Å². The van der Waals surface area contributed by atoms with E-state index in [2.05, 4.69) is 20.9 Å². The maximum atomic E-state index is 12.9. The molecule has 0 aliphatic heterocycles. The molecule has 0 saturated heterocycles. The second-order valence-electron chi connectivity index (χ2n) is 4.84. The standard InChI is InChI=1S/C16H14BrF3N2OS/c1-3-24-13-8-10(16(18,19)20)4-6-12(13)15(23)22(2)14-7-5-11(17)9-21-14/h4-9H,3H2,1-2H3. The lowest BCUT2D eigenvalue weighted by Crippen LogP contribution is -2.27. The van der Waals surface area contributed by atoms with Crippen LogP contribution < -0.4 is 4.90 Å². The number of alkyl halides is 3. The monoisotopic (exact) mass is 418 g/mol. The lowest BCUT2D eigenvalue weighted by Gasteiger charge is -2.19. The first-order valence-electron chi connectivity index (χ1n) is 6.97. The fourth-order valence-corrected chi connectivity index (χ4v) is 3.07. The summed E-state index contributed by atoms with van der Waals surface area (Å²) in [5.41, 5.74) is -0.540. The minimum absolute atomic E-state index is 0.224. The number of benzene rings is 1. The molecule has 8 heteroatoms. The Balaban J connectivity index is 2.38. The summed E-state index contributed by atoms with van der Waals surface area (Å²) in [7, 11) is 1.54. The minimum atomic E-state index is -4.44. The molecule has 1 aromatic carbocycles. The van der Waals surface area contributed by atoms with E-state index >= 15 is 0 Å². The molecule has 0 aliphatic rings. The van der Waals surface area contributed by atoms with Gasteiger partial charge in [-0.05, 0) is 52.0 Å². The lowest BCUT2D eigenvalue weighted by molar-refractivity contribution is -0.137. The molecule has 0 N–H and O–H groups in total. The van der Waals surface area contributed by atoms with Gasteiger partial charge in [-0.3, -0.25) is 9.69 Å². The van der Waals surface area contributed by atoms with Crippen molar-refractivity contribution in [1.29, 1.82) is 0 Å². The van der Waals surface area contributed by atoms with Crippen molar-refractivity contribution < 1.29 is 18.0 Å². The van der Waals surface area contributed by atoms with Crippen molar-refractivity contribution in [1.82, 2.24) is 4.98 Å². The number of carbonyl (C=O) groups excluding carboxylic acids is 1. The largest absolute Gasteiger partial charge is 0.416 e. The average Bonchev–Trinajstić information content (AvgIpc) is 2.53. The Morgan fingerprint density at radius 1 is 1.29 bits per heavy atom. The Labute approximate surface area is 150 Å². The van der Waals surface area contributed by atoms with Gasteiger partial charge in [-0.15, -0.1) is 11.8 Å². The van der Waals surface area contributed by atoms with E-state index in [0.29, 0.717) is 16.5 Å². The Hall–Kier alpha value is -1.54. The van der Waals surface area contributed by atoms with Crippen LogP contribution in [0.1, 0.15) is 22.8 Å². The predicted octanol–water partition coefficient (Wildman–Crippen LogP) is 5.25. The molecule has 24 heavy (non-hydrogen) atoms. The fraction of sp³-hybridized carbons (Fsp3) is 0.250. The molecule has 0 spiro atoms. The van der Waals surface area contributed by atoms with Crippen LogP contribution in [-0.4, -0.2) is 23.7 Å². The molecular formula is C16H14BrF3N2OS. The third-order valence-electron chi connectivity index (χ3n) is 3.20. The number of hydrogen-bond acceptors (Lipinski definition) is 3. The molecular weight excluding hydrogens is 405 g/mol. The van der Waals surface area contributed by atoms with E-state index in [0.717, 1.165) is 16.6 Å². The van der Waals surface area contributed by atoms with Gasteiger partial charge in [0, 0.05) is 22.6 Å². The van der Waals surface area contributed by atoms with Crippen LogP contribution in [0.5, 0.6) is 0 Å². The number of hydrogen-bond donors (Lipinski definition) is 0. The molecule has 0 unspecified atom stereocenters. The number of anilines is 1. The van der Waals surface area contributed by atoms with E-state index in [1.807, 2.05) is 6.92 Å². The molecule has 1 aromatic heterocycles. The van der Waals surface area contributed by atoms with Gasteiger partial charge in [0.2, 0.25) is 0 Å². The minimum Gasteiger partial charge on any atom is -0.296 e. The molecule has 1 heterocycles. The molecule has 128 valence electrons. The topological polar surface area (TPSA) is 33.2 Å². The van der Waals surface area contributed by atoms with Gasteiger partial charge in [0.25, 0.3) is 5.91 Å². The highest BCUT2D eigenvalue weighted by molar-refractivity contribution is 9.10. The third kappa shape index (κ3) is 4.30. The van der Waals surface area contributed by atoms with E-state index in [1.54, 1.807) is 18.3 Å². The molecule has 2 aromatic rings. The van der Waals surface area contributed by atoms with Crippen molar-refractivity contribution in [3.63, 3.8) is 0 Å². The zero-order chi connectivity index (χ0) is 17.9. The average molecular weight is 419 g/mol. The van der Waals surface area contributed by atoms with E-state index in [4.69, 9.17) is 0 Å².